The van der Waals surface area contributed by atoms with Crippen LogP contribution in [-0.4, -0.2) is 18.5 Å². The zero-order valence-electron chi connectivity index (χ0n) is 12.8. The highest BCUT2D eigenvalue weighted by Crippen LogP contribution is 2.18. The van der Waals surface area contributed by atoms with Crippen molar-refractivity contribution in [2.75, 3.05) is 16.8 Å². The van der Waals surface area contributed by atoms with Gasteiger partial charge in [-0.3, -0.25) is 4.79 Å². The minimum atomic E-state index is 0.0689. The predicted octanol–water partition coefficient (Wildman–Crippen LogP) is 3.85. The molecule has 0 fully saturated rings. The number of benzene rings is 2. The monoisotopic (exact) mass is 282 g/mol. The first-order valence-corrected chi connectivity index (χ1v) is 7.26. The third kappa shape index (κ3) is 3.85. The van der Waals surface area contributed by atoms with Gasteiger partial charge in [0.25, 0.3) is 0 Å². The van der Waals surface area contributed by atoms with Crippen LogP contribution >= 0.6 is 0 Å². The van der Waals surface area contributed by atoms with Crippen LogP contribution < -0.4 is 10.2 Å². The van der Waals surface area contributed by atoms with E-state index >= 15 is 0 Å². The lowest BCUT2D eigenvalue weighted by Gasteiger charge is -2.27. The molecule has 3 heteroatoms. The van der Waals surface area contributed by atoms with Gasteiger partial charge in [0.1, 0.15) is 0 Å². The van der Waals surface area contributed by atoms with E-state index in [4.69, 9.17) is 0 Å². The van der Waals surface area contributed by atoms with E-state index < -0.39 is 0 Å². The molecular weight excluding hydrogens is 260 g/mol. The van der Waals surface area contributed by atoms with E-state index in [0.717, 1.165) is 16.9 Å². The van der Waals surface area contributed by atoms with Crippen LogP contribution in [0.3, 0.4) is 0 Å². The van der Waals surface area contributed by atoms with Gasteiger partial charge in [0, 0.05) is 17.4 Å². The number of para-hydroxylation sites is 2. The average Bonchev–Trinajstić information content (AvgIpc) is 2.47. The highest BCUT2D eigenvalue weighted by Gasteiger charge is 2.18. The molecule has 1 N–H and O–H groups in total. The Morgan fingerprint density at radius 2 is 1.67 bits per heavy atom. The van der Waals surface area contributed by atoms with Gasteiger partial charge in [0.05, 0.1) is 6.54 Å². The Morgan fingerprint density at radius 3 is 2.29 bits per heavy atom. The number of hydrogen-bond donors (Lipinski definition) is 1. The van der Waals surface area contributed by atoms with E-state index in [1.807, 2.05) is 80.3 Å². The molecule has 110 valence electrons. The van der Waals surface area contributed by atoms with Crippen LogP contribution in [0, 0.1) is 6.92 Å². The molecule has 2 aromatic carbocycles. The van der Waals surface area contributed by atoms with Crippen molar-refractivity contribution in [2.45, 2.75) is 26.8 Å². The lowest BCUT2D eigenvalue weighted by Crippen LogP contribution is -2.40. The van der Waals surface area contributed by atoms with Crippen molar-refractivity contribution >= 4 is 17.3 Å². The number of hydrogen-bond acceptors (Lipinski definition) is 2. The Balaban J connectivity index is 2.08. The molecule has 0 unspecified atom stereocenters. The Morgan fingerprint density at radius 1 is 1.05 bits per heavy atom. The molecule has 0 radical (unpaired) electrons. The van der Waals surface area contributed by atoms with Crippen molar-refractivity contribution in [1.82, 2.24) is 0 Å². The third-order valence-electron chi connectivity index (χ3n) is 3.39. The molecule has 0 atom stereocenters. The van der Waals surface area contributed by atoms with E-state index in [9.17, 15) is 4.79 Å². The normalized spacial score (nSPS) is 10.5. The quantitative estimate of drug-likeness (QED) is 0.903. The lowest BCUT2D eigenvalue weighted by molar-refractivity contribution is -0.117. The van der Waals surface area contributed by atoms with Gasteiger partial charge in [0.15, 0.2) is 0 Å². The summed E-state index contributed by atoms with van der Waals surface area (Å²) in [5.41, 5.74) is 3.08. The fourth-order valence-corrected chi connectivity index (χ4v) is 2.35. The van der Waals surface area contributed by atoms with Crippen LogP contribution in [0.4, 0.5) is 11.4 Å². The summed E-state index contributed by atoms with van der Waals surface area (Å²) in [4.78, 5) is 14.4. The molecular formula is C18H22N2O. The lowest BCUT2D eigenvalue weighted by atomic mass is 10.2. The zero-order chi connectivity index (χ0) is 15.2. The van der Waals surface area contributed by atoms with Crippen molar-refractivity contribution in [1.29, 1.82) is 0 Å². The van der Waals surface area contributed by atoms with Gasteiger partial charge in [-0.15, -0.1) is 0 Å². The number of nitrogens with zero attached hydrogens (tertiary/aromatic N) is 1. The summed E-state index contributed by atoms with van der Waals surface area (Å²) in [6, 6.07) is 17.9. The third-order valence-corrected chi connectivity index (χ3v) is 3.39. The maximum Gasteiger partial charge on any atom is 0.246 e. The van der Waals surface area contributed by atoms with E-state index in [1.54, 1.807) is 0 Å². The Labute approximate surface area is 126 Å². The summed E-state index contributed by atoms with van der Waals surface area (Å²) in [6.45, 7) is 6.37. The van der Waals surface area contributed by atoms with Crippen LogP contribution in [0.15, 0.2) is 54.6 Å². The summed E-state index contributed by atoms with van der Waals surface area (Å²) >= 11 is 0. The number of amides is 1. The highest BCUT2D eigenvalue weighted by molar-refractivity contribution is 5.96. The zero-order valence-corrected chi connectivity index (χ0v) is 12.8. The van der Waals surface area contributed by atoms with Gasteiger partial charge in [-0.1, -0.05) is 36.4 Å². The van der Waals surface area contributed by atoms with Crippen LogP contribution in [0.5, 0.6) is 0 Å². The molecule has 0 saturated heterocycles. The molecule has 0 aliphatic carbocycles. The predicted molar refractivity (Wildman–Crippen MR) is 88.7 cm³/mol. The van der Waals surface area contributed by atoms with E-state index in [0.29, 0.717) is 0 Å². The maximum absolute atomic E-state index is 12.5. The Bertz CT molecular complexity index is 593. The molecule has 0 spiro atoms. The number of carbonyl (C=O) groups is 1. The van der Waals surface area contributed by atoms with Crippen molar-refractivity contribution in [3.8, 4) is 0 Å². The summed E-state index contributed by atoms with van der Waals surface area (Å²) in [5, 5.41) is 3.23. The summed E-state index contributed by atoms with van der Waals surface area (Å²) < 4.78 is 0. The summed E-state index contributed by atoms with van der Waals surface area (Å²) in [5.74, 6) is 0.0689. The second kappa shape index (κ2) is 6.93. The Hall–Kier alpha value is -2.29. The first kappa shape index (κ1) is 15.1. The first-order chi connectivity index (χ1) is 10.1. The van der Waals surface area contributed by atoms with Crippen LogP contribution in [0.2, 0.25) is 0 Å². The van der Waals surface area contributed by atoms with E-state index in [1.165, 1.54) is 0 Å². The van der Waals surface area contributed by atoms with Gasteiger partial charge in [-0.25, -0.2) is 0 Å². The van der Waals surface area contributed by atoms with Crippen LogP contribution in [0.1, 0.15) is 19.4 Å². The highest BCUT2D eigenvalue weighted by atomic mass is 16.2. The molecule has 0 heterocycles. The van der Waals surface area contributed by atoms with Gasteiger partial charge < -0.3 is 10.2 Å². The number of aryl methyl sites for hydroxylation is 1. The Kier molecular flexibility index (Phi) is 4.99. The van der Waals surface area contributed by atoms with Crippen molar-refractivity contribution in [3.63, 3.8) is 0 Å². The minimum absolute atomic E-state index is 0.0689. The van der Waals surface area contributed by atoms with Gasteiger partial charge in [0.2, 0.25) is 5.91 Å². The molecule has 1 amide bonds. The molecule has 0 aliphatic heterocycles. The smallest absolute Gasteiger partial charge is 0.246 e. The van der Waals surface area contributed by atoms with Crippen LogP contribution in [0.25, 0.3) is 0 Å². The molecule has 2 rings (SSSR count). The van der Waals surface area contributed by atoms with Crippen molar-refractivity contribution < 1.29 is 4.79 Å². The van der Waals surface area contributed by atoms with Crippen molar-refractivity contribution in [2.24, 2.45) is 0 Å². The molecule has 2 aromatic rings. The molecule has 0 saturated carbocycles. The SMILES string of the molecule is Cc1ccccc1NCC(=O)N(c1ccccc1)C(C)C. The van der Waals surface area contributed by atoms with Gasteiger partial charge in [-0.2, -0.15) is 0 Å². The number of rotatable bonds is 5. The van der Waals surface area contributed by atoms with Crippen molar-refractivity contribution in [3.05, 3.63) is 60.2 Å². The largest absolute Gasteiger partial charge is 0.376 e. The average molecular weight is 282 g/mol. The first-order valence-electron chi connectivity index (χ1n) is 7.26. The number of anilines is 2. The molecule has 0 aliphatic rings. The van der Waals surface area contributed by atoms with E-state index in [2.05, 4.69) is 5.32 Å². The number of nitrogens with one attached hydrogen (secondary N) is 1. The minimum Gasteiger partial charge on any atom is -0.376 e. The fourth-order valence-electron chi connectivity index (χ4n) is 2.35. The summed E-state index contributed by atoms with van der Waals surface area (Å²) in [7, 11) is 0. The summed E-state index contributed by atoms with van der Waals surface area (Å²) in [6.07, 6.45) is 0. The molecule has 0 aromatic heterocycles. The second-order valence-corrected chi connectivity index (χ2v) is 5.36. The molecule has 3 nitrogen and oxygen atoms in total. The number of carbonyl (C=O) groups excluding carboxylic acids is 1. The molecule has 0 bridgehead atoms. The maximum atomic E-state index is 12.5. The van der Waals surface area contributed by atoms with Gasteiger partial charge >= 0.3 is 0 Å². The topological polar surface area (TPSA) is 32.3 Å². The van der Waals surface area contributed by atoms with Crippen LogP contribution in [-0.2, 0) is 4.79 Å². The second-order valence-electron chi connectivity index (χ2n) is 5.36. The standard InChI is InChI=1S/C18H22N2O/c1-14(2)20(16-10-5-4-6-11-16)18(21)13-19-17-12-8-7-9-15(17)3/h4-12,14,19H,13H2,1-3H3. The van der Waals surface area contributed by atoms with Gasteiger partial charge in [-0.05, 0) is 44.5 Å². The fraction of sp³-hybridized carbons (Fsp3) is 0.278. The molecule has 21 heavy (non-hydrogen) atoms. The van der Waals surface area contributed by atoms with E-state index in [-0.39, 0.29) is 18.5 Å².